The van der Waals surface area contributed by atoms with Crippen LogP contribution in [0.25, 0.3) is 11.3 Å². The lowest BCUT2D eigenvalue weighted by Crippen LogP contribution is -2.18. The van der Waals surface area contributed by atoms with E-state index in [1.165, 1.54) is 0 Å². The third kappa shape index (κ3) is 3.09. The van der Waals surface area contributed by atoms with E-state index in [0.717, 1.165) is 47.1 Å². The van der Waals surface area contributed by atoms with E-state index in [0.29, 0.717) is 0 Å². The zero-order chi connectivity index (χ0) is 15.5. The van der Waals surface area contributed by atoms with Crippen molar-refractivity contribution in [1.82, 2.24) is 20.3 Å². The summed E-state index contributed by atoms with van der Waals surface area (Å²) in [4.78, 5) is 2.21. The molecule has 0 aliphatic carbocycles. The minimum atomic E-state index is 0.769. The summed E-state index contributed by atoms with van der Waals surface area (Å²) >= 11 is 0. The predicted molar refractivity (Wildman–Crippen MR) is 85.2 cm³/mol. The van der Waals surface area contributed by atoms with E-state index in [-0.39, 0.29) is 0 Å². The largest absolute Gasteiger partial charge is 0.361 e. The summed E-state index contributed by atoms with van der Waals surface area (Å²) in [6, 6.07) is 12.2. The van der Waals surface area contributed by atoms with Crippen LogP contribution in [-0.4, -0.2) is 27.3 Å². The number of hydrogen-bond donors (Lipinski definition) is 1. The van der Waals surface area contributed by atoms with Crippen molar-refractivity contribution in [2.75, 3.05) is 7.05 Å². The van der Waals surface area contributed by atoms with Crippen LogP contribution in [0.3, 0.4) is 0 Å². The lowest BCUT2D eigenvalue weighted by molar-refractivity contribution is 0.311. The van der Waals surface area contributed by atoms with Gasteiger partial charge in [0.2, 0.25) is 0 Å². The first kappa shape index (κ1) is 14.5. The average molecular weight is 296 g/mol. The Labute approximate surface area is 129 Å². The van der Waals surface area contributed by atoms with Crippen molar-refractivity contribution < 1.29 is 4.52 Å². The summed E-state index contributed by atoms with van der Waals surface area (Å²) in [5.41, 5.74) is 5.24. The molecular formula is C17H20N4O. The fraction of sp³-hybridized carbons (Fsp3) is 0.294. The highest BCUT2D eigenvalue weighted by molar-refractivity contribution is 5.63. The van der Waals surface area contributed by atoms with E-state index >= 15 is 0 Å². The van der Waals surface area contributed by atoms with Crippen molar-refractivity contribution in [1.29, 1.82) is 0 Å². The molecule has 0 atom stereocenters. The summed E-state index contributed by atoms with van der Waals surface area (Å²) in [5, 5.41) is 11.5. The monoisotopic (exact) mass is 296 g/mol. The van der Waals surface area contributed by atoms with E-state index in [9.17, 15) is 0 Å². The molecular weight excluding hydrogens is 276 g/mol. The Hall–Kier alpha value is -2.40. The lowest BCUT2D eigenvalue weighted by Gasteiger charge is -2.15. The van der Waals surface area contributed by atoms with Crippen LogP contribution >= 0.6 is 0 Å². The van der Waals surface area contributed by atoms with E-state index in [1.807, 2.05) is 32.0 Å². The minimum absolute atomic E-state index is 0.769. The number of aromatic nitrogens is 3. The Morgan fingerprint density at radius 3 is 2.59 bits per heavy atom. The zero-order valence-electron chi connectivity index (χ0n) is 13.1. The van der Waals surface area contributed by atoms with Gasteiger partial charge in [-0.25, -0.2) is 0 Å². The summed E-state index contributed by atoms with van der Waals surface area (Å²) in [6.07, 6.45) is 0. The molecule has 0 aliphatic rings. The Morgan fingerprint density at radius 1 is 1.14 bits per heavy atom. The molecule has 5 nitrogen and oxygen atoms in total. The van der Waals surface area contributed by atoms with Crippen molar-refractivity contribution in [3.63, 3.8) is 0 Å². The highest BCUT2D eigenvalue weighted by Crippen LogP contribution is 2.26. The molecule has 0 fully saturated rings. The maximum atomic E-state index is 5.41. The van der Waals surface area contributed by atoms with Crippen molar-refractivity contribution >= 4 is 0 Å². The second-order valence-electron chi connectivity index (χ2n) is 5.65. The molecule has 0 saturated carbocycles. The van der Waals surface area contributed by atoms with Crippen LogP contribution in [0.5, 0.6) is 0 Å². The molecule has 0 amide bonds. The number of H-pyrrole nitrogens is 1. The molecule has 1 N–H and O–H groups in total. The molecule has 2 aromatic heterocycles. The quantitative estimate of drug-likeness (QED) is 0.784. The maximum absolute atomic E-state index is 5.41. The molecule has 114 valence electrons. The van der Waals surface area contributed by atoms with Crippen molar-refractivity contribution in [3.05, 3.63) is 59.1 Å². The van der Waals surface area contributed by atoms with Gasteiger partial charge in [0, 0.05) is 29.9 Å². The molecule has 0 bridgehead atoms. The first-order valence-corrected chi connectivity index (χ1v) is 7.33. The van der Waals surface area contributed by atoms with Crippen LogP contribution in [0.15, 0.2) is 40.9 Å². The van der Waals surface area contributed by atoms with Crippen molar-refractivity contribution in [2.45, 2.75) is 26.9 Å². The second kappa shape index (κ2) is 6.15. The number of aryl methyl sites for hydroxylation is 2. The molecule has 0 saturated heterocycles. The summed E-state index contributed by atoms with van der Waals surface area (Å²) < 4.78 is 5.41. The fourth-order valence-corrected chi connectivity index (χ4v) is 2.56. The molecule has 5 heteroatoms. The Bertz CT molecular complexity index is 745. The maximum Gasteiger partial charge on any atom is 0.138 e. The highest BCUT2D eigenvalue weighted by Gasteiger charge is 2.16. The third-order valence-electron chi connectivity index (χ3n) is 3.65. The molecule has 0 unspecified atom stereocenters. The smallest absolute Gasteiger partial charge is 0.138 e. The second-order valence-corrected chi connectivity index (χ2v) is 5.65. The Balaban J connectivity index is 1.79. The third-order valence-corrected chi connectivity index (χ3v) is 3.65. The van der Waals surface area contributed by atoms with Crippen LogP contribution in [-0.2, 0) is 13.1 Å². The van der Waals surface area contributed by atoms with Gasteiger partial charge in [0.05, 0.1) is 5.69 Å². The molecule has 22 heavy (non-hydrogen) atoms. The Morgan fingerprint density at radius 2 is 1.91 bits per heavy atom. The summed E-state index contributed by atoms with van der Waals surface area (Å²) in [7, 11) is 2.07. The predicted octanol–water partition coefficient (Wildman–Crippen LogP) is 3.31. The number of nitrogens with zero attached hydrogens (tertiary/aromatic N) is 3. The van der Waals surface area contributed by atoms with Gasteiger partial charge in [0.25, 0.3) is 0 Å². The van der Waals surface area contributed by atoms with Gasteiger partial charge in [0.15, 0.2) is 0 Å². The van der Waals surface area contributed by atoms with E-state index in [2.05, 4.69) is 45.5 Å². The summed E-state index contributed by atoms with van der Waals surface area (Å²) in [6.45, 7) is 5.52. The molecule has 1 aromatic carbocycles. The van der Waals surface area contributed by atoms with E-state index in [1.54, 1.807) is 0 Å². The number of hydrogen-bond acceptors (Lipinski definition) is 4. The standard InChI is InChI=1S/C17H20N4O/c1-12-9-15(19-18-12)10-21(3)11-16-13(2)22-20-17(16)14-7-5-4-6-8-14/h4-9H,10-11H2,1-3H3,(H,18,19). The van der Waals surface area contributed by atoms with Crippen LogP contribution in [0, 0.1) is 13.8 Å². The van der Waals surface area contributed by atoms with Gasteiger partial charge >= 0.3 is 0 Å². The first-order chi connectivity index (χ1) is 10.6. The van der Waals surface area contributed by atoms with Crippen LogP contribution < -0.4 is 0 Å². The molecule has 2 heterocycles. The van der Waals surface area contributed by atoms with Gasteiger partial charge in [-0.15, -0.1) is 0 Å². The normalized spacial score (nSPS) is 11.3. The van der Waals surface area contributed by atoms with E-state index < -0.39 is 0 Å². The zero-order valence-corrected chi connectivity index (χ0v) is 13.1. The molecule has 3 aromatic rings. The van der Waals surface area contributed by atoms with Crippen LogP contribution in [0.4, 0.5) is 0 Å². The number of benzene rings is 1. The average Bonchev–Trinajstić information content (AvgIpc) is 3.07. The minimum Gasteiger partial charge on any atom is -0.361 e. The number of rotatable bonds is 5. The van der Waals surface area contributed by atoms with Gasteiger partial charge in [0.1, 0.15) is 11.5 Å². The first-order valence-electron chi connectivity index (χ1n) is 7.33. The molecule has 0 aliphatic heterocycles. The van der Waals surface area contributed by atoms with Gasteiger partial charge in [-0.1, -0.05) is 35.5 Å². The molecule has 3 rings (SSSR count). The van der Waals surface area contributed by atoms with Crippen LogP contribution in [0.2, 0.25) is 0 Å². The van der Waals surface area contributed by atoms with Crippen LogP contribution in [0.1, 0.15) is 22.7 Å². The Kier molecular flexibility index (Phi) is 4.06. The lowest BCUT2D eigenvalue weighted by atomic mass is 10.1. The SMILES string of the molecule is Cc1cc(CN(C)Cc2c(-c3ccccc3)noc2C)n[nH]1. The van der Waals surface area contributed by atoms with Gasteiger partial charge in [-0.3, -0.25) is 10.00 Å². The molecule has 0 spiro atoms. The van der Waals surface area contributed by atoms with Gasteiger partial charge in [-0.05, 0) is 27.0 Å². The van der Waals surface area contributed by atoms with Gasteiger partial charge < -0.3 is 4.52 Å². The fourth-order valence-electron chi connectivity index (χ4n) is 2.56. The number of aromatic amines is 1. The number of nitrogens with one attached hydrogen (secondary N) is 1. The molecule has 0 radical (unpaired) electrons. The topological polar surface area (TPSA) is 58.0 Å². The summed E-state index contributed by atoms with van der Waals surface area (Å²) in [5.74, 6) is 0.865. The van der Waals surface area contributed by atoms with E-state index in [4.69, 9.17) is 4.52 Å². The van der Waals surface area contributed by atoms with Crippen molar-refractivity contribution in [3.8, 4) is 11.3 Å². The van der Waals surface area contributed by atoms with Crippen molar-refractivity contribution in [2.24, 2.45) is 0 Å². The van der Waals surface area contributed by atoms with Gasteiger partial charge in [-0.2, -0.15) is 5.10 Å². The highest BCUT2D eigenvalue weighted by atomic mass is 16.5.